The molecular formula is C24H46NO8P. The Bertz CT molecular complexity index is 633. The highest BCUT2D eigenvalue weighted by atomic mass is 31.2. The highest BCUT2D eigenvalue weighted by Crippen LogP contribution is 2.38. The smallest absolute Gasteiger partial charge is 0.306 e. The standard InChI is InChI=1S/C24H46NO8P/c1-6-7-8-9-10-11-12-13-14-15-16-17-24(27)33-23(20-30-22(2)26)21-32-34(28,29)31-19-18-25(3,4)5/h9-10,23H,6-8,11-21H2,1-5H3/b10-9-. The van der Waals surface area contributed by atoms with Crippen LogP contribution < -0.4 is 4.89 Å². The van der Waals surface area contributed by atoms with Crippen LogP contribution in [0.15, 0.2) is 12.2 Å². The molecule has 0 rings (SSSR count). The molecule has 0 saturated carbocycles. The number of unbranched alkanes of at least 4 members (excludes halogenated alkanes) is 7. The first-order valence-electron chi connectivity index (χ1n) is 12.3. The first-order valence-corrected chi connectivity index (χ1v) is 13.8. The summed E-state index contributed by atoms with van der Waals surface area (Å²) in [4.78, 5) is 35.2. The van der Waals surface area contributed by atoms with Crippen LogP contribution in [0.3, 0.4) is 0 Å². The minimum absolute atomic E-state index is 0.0339. The molecule has 0 aliphatic rings. The molecule has 0 spiro atoms. The minimum atomic E-state index is -4.57. The predicted molar refractivity (Wildman–Crippen MR) is 130 cm³/mol. The summed E-state index contributed by atoms with van der Waals surface area (Å²) >= 11 is 0. The fraction of sp³-hybridized carbons (Fsp3) is 0.833. The van der Waals surface area contributed by atoms with Crippen molar-refractivity contribution in [3.8, 4) is 0 Å². The monoisotopic (exact) mass is 507 g/mol. The van der Waals surface area contributed by atoms with Gasteiger partial charge < -0.3 is 27.9 Å². The van der Waals surface area contributed by atoms with Crippen LogP contribution in [0.2, 0.25) is 0 Å². The molecule has 0 saturated heterocycles. The molecule has 200 valence electrons. The second kappa shape index (κ2) is 19.0. The fourth-order valence-corrected chi connectivity index (χ4v) is 3.56. The molecule has 0 radical (unpaired) electrons. The Morgan fingerprint density at radius 1 is 0.941 bits per heavy atom. The van der Waals surface area contributed by atoms with Gasteiger partial charge >= 0.3 is 11.9 Å². The van der Waals surface area contributed by atoms with E-state index in [0.29, 0.717) is 17.4 Å². The second-order valence-electron chi connectivity index (χ2n) is 9.42. The van der Waals surface area contributed by atoms with E-state index in [9.17, 15) is 19.0 Å². The van der Waals surface area contributed by atoms with Gasteiger partial charge in [-0.05, 0) is 25.7 Å². The van der Waals surface area contributed by atoms with Gasteiger partial charge in [0.15, 0.2) is 6.10 Å². The van der Waals surface area contributed by atoms with Gasteiger partial charge in [-0.3, -0.25) is 14.2 Å². The zero-order chi connectivity index (χ0) is 25.9. The molecule has 10 heteroatoms. The van der Waals surface area contributed by atoms with Crippen LogP contribution in [-0.4, -0.2) is 70.0 Å². The maximum absolute atomic E-state index is 12.2. The Morgan fingerprint density at radius 3 is 2.18 bits per heavy atom. The van der Waals surface area contributed by atoms with Crippen LogP contribution in [0.1, 0.15) is 78.1 Å². The number of phosphoric ester groups is 1. The molecule has 0 bridgehead atoms. The Hall–Kier alpha value is -1.25. The van der Waals surface area contributed by atoms with Gasteiger partial charge in [0.05, 0.1) is 27.7 Å². The molecule has 0 heterocycles. The summed E-state index contributed by atoms with van der Waals surface area (Å²) in [6, 6.07) is 0. The zero-order valence-corrected chi connectivity index (χ0v) is 22.7. The van der Waals surface area contributed by atoms with Gasteiger partial charge in [-0.2, -0.15) is 0 Å². The molecule has 2 unspecified atom stereocenters. The number of hydrogen-bond donors (Lipinski definition) is 0. The van der Waals surface area contributed by atoms with E-state index in [1.165, 1.54) is 19.8 Å². The van der Waals surface area contributed by atoms with Crippen molar-refractivity contribution in [3.63, 3.8) is 0 Å². The number of quaternary nitrogens is 1. The maximum Gasteiger partial charge on any atom is 0.306 e. The van der Waals surface area contributed by atoms with Crippen LogP contribution in [0, 0.1) is 0 Å². The SMILES string of the molecule is CCCC/C=C\CCCCCCCC(=O)OC(COC(C)=O)COP(=O)([O-])OCC[N+](C)(C)C. The van der Waals surface area contributed by atoms with E-state index in [1.807, 2.05) is 21.1 Å². The molecular weight excluding hydrogens is 461 g/mol. The summed E-state index contributed by atoms with van der Waals surface area (Å²) in [5, 5.41) is 0. The number of allylic oxidation sites excluding steroid dienone is 2. The lowest BCUT2D eigenvalue weighted by molar-refractivity contribution is -0.870. The van der Waals surface area contributed by atoms with E-state index in [4.69, 9.17) is 18.5 Å². The average Bonchev–Trinajstić information content (AvgIpc) is 2.72. The number of carbonyl (C=O) groups is 2. The van der Waals surface area contributed by atoms with Crippen molar-refractivity contribution in [3.05, 3.63) is 12.2 Å². The minimum Gasteiger partial charge on any atom is -0.756 e. The zero-order valence-electron chi connectivity index (χ0n) is 21.8. The number of rotatable bonds is 21. The summed E-state index contributed by atoms with van der Waals surface area (Å²) in [7, 11) is 1.14. The van der Waals surface area contributed by atoms with Gasteiger partial charge in [-0.1, -0.05) is 51.2 Å². The normalized spacial score (nSPS) is 14.6. The molecule has 34 heavy (non-hydrogen) atoms. The van der Waals surface area contributed by atoms with Crippen molar-refractivity contribution >= 4 is 19.8 Å². The van der Waals surface area contributed by atoms with Crippen molar-refractivity contribution < 1.29 is 42.1 Å². The van der Waals surface area contributed by atoms with Gasteiger partial charge in [0.1, 0.15) is 19.8 Å². The van der Waals surface area contributed by atoms with Gasteiger partial charge in [-0.25, -0.2) is 0 Å². The number of hydrogen-bond acceptors (Lipinski definition) is 8. The number of phosphoric acid groups is 1. The van der Waals surface area contributed by atoms with Crippen LogP contribution in [0.4, 0.5) is 0 Å². The van der Waals surface area contributed by atoms with E-state index < -0.39 is 32.5 Å². The summed E-state index contributed by atoms with van der Waals surface area (Å²) in [6.45, 7) is 3.08. The van der Waals surface area contributed by atoms with Gasteiger partial charge in [-0.15, -0.1) is 0 Å². The number of carbonyl (C=O) groups excluding carboxylic acids is 2. The van der Waals surface area contributed by atoms with E-state index in [1.54, 1.807) is 0 Å². The molecule has 9 nitrogen and oxygen atoms in total. The quantitative estimate of drug-likeness (QED) is 0.0749. The highest BCUT2D eigenvalue weighted by Gasteiger charge is 2.21. The van der Waals surface area contributed by atoms with Gasteiger partial charge in [0, 0.05) is 13.3 Å². The Labute approximate surface area is 206 Å². The number of esters is 2. The van der Waals surface area contributed by atoms with Crippen LogP contribution >= 0.6 is 7.82 Å². The molecule has 2 atom stereocenters. The first kappa shape index (κ1) is 32.8. The van der Waals surface area contributed by atoms with E-state index >= 15 is 0 Å². The molecule has 0 aromatic rings. The predicted octanol–water partition coefficient (Wildman–Crippen LogP) is 4.15. The topological polar surface area (TPSA) is 111 Å². The lowest BCUT2D eigenvalue weighted by Crippen LogP contribution is -2.37. The van der Waals surface area contributed by atoms with Crippen molar-refractivity contribution in [1.82, 2.24) is 0 Å². The van der Waals surface area contributed by atoms with Crippen molar-refractivity contribution in [1.29, 1.82) is 0 Å². The van der Waals surface area contributed by atoms with Crippen LogP contribution in [0.25, 0.3) is 0 Å². The largest absolute Gasteiger partial charge is 0.756 e. The summed E-state index contributed by atoms with van der Waals surface area (Å²) in [5.74, 6) is -1.04. The highest BCUT2D eigenvalue weighted by molar-refractivity contribution is 7.45. The molecule has 0 fully saturated rings. The Balaban J connectivity index is 4.22. The number of ether oxygens (including phenoxy) is 2. The molecule has 0 amide bonds. The molecule has 0 aromatic carbocycles. The summed E-state index contributed by atoms with van der Waals surface area (Å²) in [6.07, 6.45) is 13.3. The second-order valence-corrected chi connectivity index (χ2v) is 10.8. The third-order valence-electron chi connectivity index (χ3n) is 4.84. The average molecular weight is 508 g/mol. The molecule has 0 N–H and O–H groups in total. The van der Waals surface area contributed by atoms with Crippen LogP contribution in [0.5, 0.6) is 0 Å². The number of nitrogens with zero attached hydrogens (tertiary/aromatic N) is 1. The Morgan fingerprint density at radius 2 is 1.56 bits per heavy atom. The lowest BCUT2D eigenvalue weighted by Gasteiger charge is -2.28. The van der Waals surface area contributed by atoms with Crippen molar-refractivity contribution in [2.24, 2.45) is 0 Å². The molecule has 0 aromatic heterocycles. The van der Waals surface area contributed by atoms with Crippen molar-refractivity contribution in [2.75, 3.05) is 47.5 Å². The van der Waals surface area contributed by atoms with Crippen LogP contribution in [-0.2, 0) is 32.7 Å². The van der Waals surface area contributed by atoms with Gasteiger partial charge in [0.2, 0.25) is 0 Å². The number of likely N-dealkylation sites (N-methyl/N-ethyl adjacent to an activating group) is 1. The third kappa shape index (κ3) is 22.5. The van der Waals surface area contributed by atoms with E-state index in [0.717, 1.165) is 38.5 Å². The molecule has 0 aliphatic carbocycles. The first-order chi connectivity index (χ1) is 15.9. The van der Waals surface area contributed by atoms with E-state index in [-0.39, 0.29) is 19.6 Å². The lowest BCUT2D eigenvalue weighted by atomic mass is 10.1. The maximum atomic E-state index is 12.2. The fourth-order valence-electron chi connectivity index (χ4n) is 2.83. The third-order valence-corrected chi connectivity index (χ3v) is 5.81. The Kier molecular flexibility index (Phi) is 18.3. The summed E-state index contributed by atoms with van der Waals surface area (Å²) < 4.78 is 32.3. The van der Waals surface area contributed by atoms with Crippen molar-refractivity contribution in [2.45, 2.75) is 84.2 Å². The molecule has 0 aliphatic heterocycles. The van der Waals surface area contributed by atoms with Gasteiger partial charge in [0.25, 0.3) is 7.82 Å². The summed E-state index contributed by atoms with van der Waals surface area (Å²) in [5.41, 5.74) is 0. The van der Waals surface area contributed by atoms with E-state index in [2.05, 4.69) is 19.1 Å².